The minimum Gasteiger partial charge on any atom is -0.366 e. The molecule has 3 saturated heterocycles. The van der Waals surface area contributed by atoms with Gasteiger partial charge in [0.25, 0.3) is 5.91 Å². The molecule has 3 aliphatic heterocycles. The van der Waals surface area contributed by atoms with E-state index in [4.69, 9.17) is 21.3 Å². The van der Waals surface area contributed by atoms with Gasteiger partial charge in [-0.2, -0.15) is 0 Å². The van der Waals surface area contributed by atoms with Gasteiger partial charge in [0.15, 0.2) is 10.9 Å². The smallest absolute Gasteiger partial charge is 0.251 e. The average molecular weight is 588 g/mol. The molecule has 9 nitrogen and oxygen atoms in total. The molecular weight excluding hydrogens is 550 g/mol. The van der Waals surface area contributed by atoms with Gasteiger partial charge in [-0.3, -0.25) is 14.4 Å². The zero-order chi connectivity index (χ0) is 28.7. The fourth-order valence-corrected chi connectivity index (χ4v) is 7.08. The van der Waals surface area contributed by atoms with Crippen LogP contribution in [0.1, 0.15) is 41.1 Å². The number of likely N-dealkylation sites (N-methyl/N-ethyl adjacent to an activating group) is 1. The predicted octanol–water partition coefficient (Wildman–Crippen LogP) is 3.11. The highest BCUT2D eigenvalue weighted by Gasteiger charge is 2.53. The molecule has 2 aromatic rings. The zero-order valence-electron chi connectivity index (χ0n) is 23.8. The Hall–Kier alpha value is -2.53. The number of piperazine rings is 1. The highest BCUT2D eigenvalue weighted by molar-refractivity contribution is 7.16. The quantitative estimate of drug-likeness (QED) is 0.497. The Morgan fingerprint density at radius 2 is 1.95 bits per heavy atom. The molecule has 0 saturated carbocycles. The van der Waals surface area contributed by atoms with E-state index >= 15 is 0 Å². The van der Waals surface area contributed by atoms with Crippen molar-refractivity contribution in [2.75, 3.05) is 51.3 Å². The number of alkyl halides is 1. The summed E-state index contributed by atoms with van der Waals surface area (Å²) in [5.74, 6) is -0.890. The van der Waals surface area contributed by atoms with E-state index in [0.717, 1.165) is 53.0 Å². The van der Waals surface area contributed by atoms with E-state index < -0.39 is 23.6 Å². The molecule has 5 rings (SSSR count). The van der Waals surface area contributed by atoms with E-state index in [1.807, 2.05) is 32.9 Å². The largest absolute Gasteiger partial charge is 0.366 e. The number of carbonyl (C=O) groups excluding carboxylic acids is 3. The zero-order valence-corrected chi connectivity index (χ0v) is 25.3. The second kappa shape index (κ2) is 11.8. The number of nitrogens with one attached hydrogen (secondary N) is 1. The first-order valence-corrected chi connectivity index (χ1v) is 15.3. The summed E-state index contributed by atoms with van der Waals surface area (Å²) in [7, 11) is 2.14. The maximum atomic E-state index is 13.7. The van der Waals surface area contributed by atoms with Gasteiger partial charge in [-0.15, -0.1) is 22.9 Å². The van der Waals surface area contributed by atoms with Crippen LogP contribution in [-0.2, 0) is 14.3 Å². The lowest BCUT2D eigenvalue weighted by atomic mass is 9.96. The first-order chi connectivity index (χ1) is 19.1. The average Bonchev–Trinajstić information content (AvgIpc) is 3.61. The molecule has 216 valence electrons. The molecule has 2 amide bonds. The number of thiazole rings is 1. The Labute approximate surface area is 244 Å². The van der Waals surface area contributed by atoms with Gasteiger partial charge < -0.3 is 24.8 Å². The Morgan fingerprint density at radius 3 is 2.62 bits per heavy atom. The van der Waals surface area contributed by atoms with E-state index in [9.17, 15) is 14.4 Å². The van der Waals surface area contributed by atoms with E-state index in [0.29, 0.717) is 12.0 Å². The topological polar surface area (TPSA) is 95.1 Å². The fourth-order valence-electron chi connectivity index (χ4n) is 5.75. The van der Waals surface area contributed by atoms with Crippen molar-refractivity contribution in [1.29, 1.82) is 0 Å². The number of amides is 2. The highest BCUT2D eigenvalue weighted by Crippen LogP contribution is 2.35. The number of halogens is 1. The van der Waals surface area contributed by atoms with Crippen LogP contribution in [0, 0.1) is 19.8 Å². The molecule has 0 aliphatic carbocycles. The van der Waals surface area contributed by atoms with Crippen LogP contribution in [0.2, 0.25) is 0 Å². The minimum absolute atomic E-state index is 0.0380. The van der Waals surface area contributed by atoms with Gasteiger partial charge in [0, 0.05) is 48.7 Å². The number of nitrogens with zero attached hydrogens (tertiary/aromatic N) is 4. The third-order valence-electron chi connectivity index (χ3n) is 8.47. The molecule has 1 aromatic heterocycles. The van der Waals surface area contributed by atoms with Crippen molar-refractivity contribution in [3.63, 3.8) is 0 Å². The fraction of sp³-hybridized carbons (Fsp3) is 0.586. The molecule has 1 aromatic carbocycles. The number of benzene rings is 1. The number of ether oxygens (including phenoxy) is 1. The number of carbonyl (C=O) groups is 3. The van der Waals surface area contributed by atoms with Crippen molar-refractivity contribution in [2.24, 2.45) is 5.92 Å². The number of aromatic nitrogens is 1. The van der Waals surface area contributed by atoms with E-state index in [2.05, 4.69) is 29.1 Å². The van der Waals surface area contributed by atoms with Gasteiger partial charge in [-0.25, -0.2) is 4.98 Å². The lowest BCUT2D eigenvalue weighted by Gasteiger charge is -2.32. The monoisotopic (exact) mass is 587 g/mol. The van der Waals surface area contributed by atoms with Gasteiger partial charge in [0.1, 0.15) is 24.8 Å². The van der Waals surface area contributed by atoms with Crippen LogP contribution < -0.4 is 10.2 Å². The number of ketones is 1. The summed E-state index contributed by atoms with van der Waals surface area (Å²) < 4.78 is 5.54. The molecule has 3 aliphatic rings. The molecular formula is C29H38ClN5O4S. The maximum absolute atomic E-state index is 13.7. The van der Waals surface area contributed by atoms with Crippen molar-refractivity contribution < 1.29 is 19.1 Å². The van der Waals surface area contributed by atoms with Gasteiger partial charge >= 0.3 is 0 Å². The number of rotatable bonds is 7. The van der Waals surface area contributed by atoms with Crippen molar-refractivity contribution in [2.45, 2.75) is 57.7 Å². The molecule has 0 bridgehead atoms. The standard InChI is InChI=1S/C29H38ClN5O4S/c1-6-16(2)23(28(38)35-14-21(30)26-25(35)22(36)15-39-26)31-27(37)19-7-8-20(17(3)13-19)24-18(4)40-29(32-24)34-11-9-33(5)10-12-34/h7-8,13,16,21,23,25-26H,6,9-12,14-15H2,1-5H3,(H,31,37). The summed E-state index contributed by atoms with van der Waals surface area (Å²) in [5.41, 5.74) is 3.36. The Balaban J connectivity index is 1.33. The Bertz CT molecular complexity index is 1290. The lowest BCUT2D eigenvalue weighted by molar-refractivity contribution is -0.139. The minimum atomic E-state index is -0.777. The lowest BCUT2D eigenvalue weighted by Crippen LogP contribution is -2.54. The van der Waals surface area contributed by atoms with Crippen molar-refractivity contribution in [3.8, 4) is 11.3 Å². The molecule has 1 N–H and O–H groups in total. The van der Waals surface area contributed by atoms with Crippen LogP contribution in [0.15, 0.2) is 18.2 Å². The molecule has 40 heavy (non-hydrogen) atoms. The first kappa shape index (κ1) is 29.0. The molecule has 5 atom stereocenters. The van der Waals surface area contributed by atoms with E-state index in [1.165, 1.54) is 4.90 Å². The Morgan fingerprint density at radius 1 is 1.23 bits per heavy atom. The van der Waals surface area contributed by atoms with Gasteiger partial charge in [0.05, 0.1) is 11.1 Å². The second-order valence-electron chi connectivity index (χ2n) is 11.3. The number of Topliss-reactive ketones (excluding diaryl/α,β-unsaturated/α-hetero) is 1. The molecule has 0 spiro atoms. The summed E-state index contributed by atoms with van der Waals surface area (Å²) in [5, 5.41) is 3.55. The molecule has 0 radical (unpaired) electrons. The predicted molar refractivity (Wildman–Crippen MR) is 157 cm³/mol. The van der Waals surface area contributed by atoms with Crippen molar-refractivity contribution in [3.05, 3.63) is 34.2 Å². The van der Waals surface area contributed by atoms with Gasteiger partial charge in [-0.05, 0) is 44.5 Å². The number of likely N-dealkylation sites (tertiary alicyclic amines) is 1. The number of fused-ring (bicyclic) bond motifs is 1. The van der Waals surface area contributed by atoms with Crippen LogP contribution in [0.3, 0.4) is 0 Å². The second-order valence-corrected chi connectivity index (χ2v) is 13.0. The number of hydrogen-bond donors (Lipinski definition) is 1. The third-order valence-corrected chi connectivity index (χ3v) is 9.89. The third kappa shape index (κ3) is 5.51. The van der Waals surface area contributed by atoms with Gasteiger partial charge in [-0.1, -0.05) is 26.3 Å². The van der Waals surface area contributed by atoms with E-state index in [1.54, 1.807) is 17.4 Å². The summed E-state index contributed by atoms with van der Waals surface area (Å²) >= 11 is 8.12. The molecule has 11 heteroatoms. The molecule has 3 fully saturated rings. The number of hydrogen-bond acceptors (Lipinski definition) is 8. The van der Waals surface area contributed by atoms with Gasteiger partial charge in [0.2, 0.25) is 5.91 Å². The SMILES string of the molecule is CCC(C)C(NC(=O)c1ccc(-c2nc(N3CCN(C)CC3)sc2C)c(C)c1)C(=O)N1CC(Cl)C2OCC(=O)C21. The van der Waals surface area contributed by atoms with Crippen LogP contribution in [0.5, 0.6) is 0 Å². The Kier molecular flexibility index (Phi) is 8.52. The van der Waals surface area contributed by atoms with Crippen LogP contribution in [-0.4, -0.2) is 102 Å². The number of anilines is 1. The normalized spacial score (nSPS) is 24.8. The summed E-state index contributed by atoms with van der Waals surface area (Å²) in [6.45, 7) is 12.1. The van der Waals surface area contributed by atoms with E-state index in [-0.39, 0.29) is 36.7 Å². The number of aryl methyl sites for hydroxylation is 2. The first-order valence-electron chi connectivity index (χ1n) is 14.0. The van der Waals surface area contributed by atoms with Crippen LogP contribution in [0.25, 0.3) is 11.3 Å². The summed E-state index contributed by atoms with van der Waals surface area (Å²) in [6.07, 6.45) is 0.192. The van der Waals surface area contributed by atoms with Crippen LogP contribution in [0.4, 0.5) is 5.13 Å². The summed E-state index contributed by atoms with van der Waals surface area (Å²) in [4.78, 5) is 51.9. The van der Waals surface area contributed by atoms with Crippen LogP contribution >= 0.6 is 22.9 Å². The summed E-state index contributed by atoms with van der Waals surface area (Å²) in [6, 6.07) is 4.13. The molecule has 4 heterocycles. The van der Waals surface area contributed by atoms with Crippen molar-refractivity contribution in [1.82, 2.24) is 20.1 Å². The highest BCUT2D eigenvalue weighted by atomic mass is 35.5. The molecule has 5 unspecified atom stereocenters. The maximum Gasteiger partial charge on any atom is 0.251 e. The van der Waals surface area contributed by atoms with Crippen molar-refractivity contribution >= 4 is 45.7 Å².